The zero-order valence-electron chi connectivity index (χ0n) is 7.04. The van der Waals surface area contributed by atoms with Crippen LogP contribution in [0.25, 0.3) is 10.8 Å². The molecular weight excluding hydrogens is 184 g/mol. The number of aromatic nitrogens is 1. The van der Waals surface area contributed by atoms with Gasteiger partial charge < -0.3 is 5.11 Å². The monoisotopic (exact) mass is 190 g/mol. The molecule has 70 valence electrons. The summed E-state index contributed by atoms with van der Waals surface area (Å²) in [7, 11) is 0. The van der Waals surface area contributed by atoms with Gasteiger partial charge in [-0.15, -0.1) is 0 Å². The first-order valence-electron chi connectivity index (χ1n) is 3.90. The van der Waals surface area contributed by atoms with Crippen LogP contribution in [0.2, 0.25) is 0 Å². The van der Waals surface area contributed by atoms with Crippen molar-refractivity contribution in [2.24, 2.45) is 0 Å². The molecule has 0 amide bonds. The van der Waals surface area contributed by atoms with E-state index in [1.807, 2.05) is 0 Å². The number of nitrogens with zero attached hydrogens (tertiary/aromatic N) is 2. The van der Waals surface area contributed by atoms with Crippen LogP contribution in [0.15, 0.2) is 30.6 Å². The molecule has 2 rings (SSSR count). The summed E-state index contributed by atoms with van der Waals surface area (Å²) in [5.41, 5.74) is -0.296. The third-order valence-electron chi connectivity index (χ3n) is 1.96. The third-order valence-corrected chi connectivity index (χ3v) is 1.96. The van der Waals surface area contributed by atoms with Gasteiger partial charge in [0, 0.05) is 12.4 Å². The van der Waals surface area contributed by atoms with Crippen molar-refractivity contribution in [2.45, 2.75) is 0 Å². The van der Waals surface area contributed by atoms with Crippen molar-refractivity contribution in [1.82, 2.24) is 4.98 Å². The summed E-state index contributed by atoms with van der Waals surface area (Å²) in [5, 5.41) is 21.0. The number of phenolic OH excluding ortho intramolecular Hbond substituents is 1. The summed E-state index contributed by atoms with van der Waals surface area (Å²) in [4.78, 5) is 13.8. The lowest BCUT2D eigenvalue weighted by atomic mass is 10.1. The van der Waals surface area contributed by atoms with Crippen molar-refractivity contribution in [3.63, 3.8) is 0 Å². The summed E-state index contributed by atoms with van der Waals surface area (Å²) in [6.45, 7) is 0. The van der Waals surface area contributed by atoms with Gasteiger partial charge in [-0.3, -0.25) is 15.1 Å². The van der Waals surface area contributed by atoms with Gasteiger partial charge in [0.25, 0.3) is 0 Å². The van der Waals surface area contributed by atoms with Crippen LogP contribution in [0.4, 0.5) is 5.69 Å². The maximum atomic E-state index is 10.7. The van der Waals surface area contributed by atoms with Gasteiger partial charge in [-0.2, -0.15) is 0 Å². The maximum absolute atomic E-state index is 10.7. The normalized spacial score (nSPS) is 10.3. The molecule has 0 aliphatic heterocycles. The van der Waals surface area contributed by atoms with E-state index in [1.165, 1.54) is 12.3 Å². The Kier molecular flexibility index (Phi) is 1.78. The number of pyridine rings is 1. The number of benzene rings is 1. The van der Waals surface area contributed by atoms with Gasteiger partial charge in [0.1, 0.15) is 0 Å². The largest absolute Gasteiger partial charge is 0.502 e. The molecule has 5 heteroatoms. The van der Waals surface area contributed by atoms with E-state index in [2.05, 4.69) is 4.98 Å². The first-order chi connectivity index (χ1) is 6.70. The number of phenols is 1. The Balaban J connectivity index is 2.90. The Morgan fingerprint density at radius 3 is 2.86 bits per heavy atom. The molecule has 0 unspecified atom stereocenters. The first kappa shape index (κ1) is 8.43. The van der Waals surface area contributed by atoms with Gasteiger partial charge in [0.2, 0.25) is 0 Å². The second kappa shape index (κ2) is 2.95. The minimum Gasteiger partial charge on any atom is -0.502 e. The molecule has 0 saturated carbocycles. The van der Waals surface area contributed by atoms with E-state index in [1.54, 1.807) is 18.3 Å². The predicted octanol–water partition coefficient (Wildman–Crippen LogP) is 1.85. The average molecular weight is 190 g/mol. The topological polar surface area (TPSA) is 76.3 Å². The maximum Gasteiger partial charge on any atom is 0.319 e. The summed E-state index contributed by atoms with van der Waals surface area (Å²) >= 11 is 0. The Hall–Kier alpha value is -2.17. The molecule has 1 heterocycles. The number of aromatic hydroxyl groups is 1. The average Bonchev–Trinajstić information content (AvgIpc) is 2.17. The lowest BCUT2D eigenvalue weighted by molar-refractivity contribution is -0.384. The van der Waals surface area contributed by atoms with Crippen LogP contribution in [0.3, 0.4) is 0 Å². The Bertz CT molecular complexity index is 510. The molecule has 5 nitrogen and oxygen atoms in total. The zero-order chi connectivity index (χ0) is 10.1. The second-order valence-electron chi connectivity index (χ2n) is 2.79. The standard InChI is InChI=1S/C9H6N2O3/c12-8-2-1-6-3-4-10-5-7(6)9(8)11(13)14/h1-5,12H. The Labute approximate surface area is 78.8 Å². The third kappa shape index (κ3) is 1.15. The molecule has 0 bridgehead atoms. The van der Waals surface area contributed by atoms with E-state index in [0.717, 1.165) is 0 Å². The quantitative estimate of drug-likeness (QED) is 0.549. The fraction of sp³-hybridized carbons (Fsp3) is 0. The van der Waals surface area contributed by atoms with Gasteiger partial charge in [0.15, 0.2) is 5.75 Å². The van der Waals surface area contributed by atoms with E-state index < -0.39 is 4.92 Å². The summed E-state index contributed by atoms with van der Waals surface area (Å²) in [5.74, 6) is -0.337. The molecule has 0 spiro atoms. The number of fused-ring (bicyclic) bond motifs is 1. The lowest BCUT2D eigenvalue weighted by Crippen LogP contribution is -1.90. The van der Waals surface area contributed by atoms with Crippen LogP contribution >= 0.6 is 0 Å². The van der Waals surface area contributed by atoms with E-state index in [-0.39, 0.29) is 11.4 Å². The predicted molar refractivity (Wildman–Crippen MR) is 50.1 cm³/mol. The molecule has 0 aliphatic rings. The van der Waals surface area contributed by atoms with Gasteiger partial charge in [-0.1, -0.05) is 6.07 Å². The molecule has 1 aromatic carbocycles. The van der Waals surface area contributed by atoms with Crippen molar-refractivity contribution in [2.75, 3.05) is 0 Å². The summed E-state index contributed by atoms with van der Waals surface area (Å²) in [6.07, 6.45) is 2.91. The van der Waals surface area contributed by atoms with E-state index in [9.17, 15) is 15.2 Å². The van der Waals surface area contributed by atoms with Gasteiger partial charge in [-0.05, 0) is 17.5 Å². The molecule has 14 heavy (non-hydrogen) atoms. The van der Waals surface area contributed by atoms with E-state index in [0.29, 0.717) is 10.8 Å². The van der Waals surface area contributed by atoms with Crippen molar-refractivity contribution >= 4 is 16.5 Å². The molecule has 0 fully saturated rings. The Morgan fingerprint density at radius 1 is 1.36 bits per heavy atom. The minimum atomic E-state index is -0.612. The summed E-state index contributed by atoms with van der Waals surface area (Å²) in [6, 6.07) is 4.57. The lowest BCUT2D eigenvalue weighted by Gasteiger charge is -1.99. The molecular formula is C9H6N2O3. The van der Waals surface area contributed by atoms with Crippen LogP contribution in [0, 0.1) is 10.1 Å². The van der Waals surface area contributed by atoms with Gasteiger partial charge in [0.05, 0.1) is 10.3 Å². The zero-order valence-corrected chi connectivity index (χ0v) is 7.04. The second-order valence-corrected chi connectivity index (χ2v) is 2.79. The smallest absolute Gasteiger partial charge is 0.319 e. The van der Waals surface area contributed by atoms with Crippen LogP contribution in [-0.2, 0) is 0 Å². The van der Waals surface area contributed by atoms with Gasteiger partial charge >= 0.3 is 5.69 Å². The highest BCUT2D eigenvalue weighted by Crippen LogP contribution is 2.33. The van der Waals surface area contributed by atoms with Crippen molar-refractivity contribution in [3.8, 4) is 5.75 Å². The Morgan fingerprint density at radius 2 is 2.14 bits per heavy atom. The highest BCUT2D eigenvalue weighted by Gasteiger charge is 2.17. The first-order valence-corrected chi connectivity index (χ1v) is 3.90. The van der Waals surface area contributed by atoms with Crippen LogP contribution in [-0.4, -0.2) is 15.0 Å². The highest BCUT2D eigenvalue weighted by atomic mass is 16.6. The fourth-order valence-corrected chi connectivity index (χ4v) is 1.33. The summed E-state index contributed by atoms with van der Waals surface area (Å²) < 4.78 is 0. The number of nitro groups is 1. The fourth-order valence-electron chi connectivity index (χ4n) is 1.33. The van der Waals surface area contributed by atoms with Crippen LogP contribution < -0.4 is 0 Å². The van der Waals surface area contributed by atoms with Crippen LogP contribution in [0.5, 0.6) is 5.75 Å². The highest BCUT2D eigenvalue weighted by molar-refractivity contribution is 5.92. The number of hydrogen-bond acceptors (Lipinski definition) is 4. The van der Waals surface area contributed by atoms with Crippen LogP contribution in [0.1, 0.15) is 0 Å². The molecule has 0 radical (unpaired) electrons. The molecule has 1 N–H and O–H groups in total. The molecule has 0 aliphatic carbocycles. The SMILES string of the molecule is O=[N+]([O-])c1c(O)ccc2ccncc12. The molecule has 0 atom stereocenters. The molecule has 0 saturated heterocycles. The number of nitro benzene ring substituents is 1. The van der Waals surface area contributed by atoms with Gasteiger partial charge in [-0.25, -0.2) is 0 Å². The molecule has 2 aromatic rings. The van der Waals surface area contributed by atoms with E-state index >= 15 is 0 Å². The van der Waals surface area contributed by atoms with Crippen molar-refractivity contribution in [3.05, 3.63) is 40.7 Å². The van der Waals surface area contributed by atoms with Crippen molar-refractivity contribution < 1.29 is 10.0 Å². The number of hydrogen-bond donors (Lipinski definition) is 1. The number of rotatable bonds is 1. The minimum absolute atomic E-state index is 0.296. The van der Waals surface area contributed by atoms with E-state index in [4.69, 9.17) is 0 Å². The molecule has 1 aromatic heterocycles. The van der Waals surface area contributed by atoms with Crippen molar-refractivity contribution in [1.29, 1.82) is 0 Å².